The van der Waals surface area contributed by atoms with Gasteiger partial charge in [-0.2, -0.15) is 0 Å². The van der Waals surface area contributed by atoms with E-state index in [1.165, 1.54) is 24.3 Å². The number of sulfonamides is 1. The molecule has 2 heterocycles. The third kappa shape index (κ3) is 6.84. The van der Waals surface area contributed by atoms with E-state index in [1.807, 2.05) is 41.5 Å². The third-order valence-electron chi connectivity index (χ3n) is 8.31. The molecule has 1 aromatic carbocycles. The summed E-state index contributed by atoms with van der Waals surface area (Å²) in [5.41, 5.74) is -1.79. The summed E-state index contributed by atoms with van der Waals surface area (Å²) in [6.45, 7) is 11.1. The summed E-state index contributed by atoms with van der Waals surface area (Å²) < 4.78 is 55.6. The predicted molar refractivity (Wildman–Crippen MR) is 156 cm³/mol. The van der Waals surface area contributed by atoms with Gasteiger partial charge in [0.25, 0.3) is 5.56 Å². The number of nitrogens with one attached hydrogen (secondary N) is 2. The lowest BCUT2D eigenvalue weighted by atomic mass is 9.72. The first-order chi connectivity index (χ1) is 19.1. The van der Waals surface area contributed by atoms with E-state index < -0.39 is 63.4 Å². The van der Waals surface area contributed by atoms with Gasteiger partial charge < -0.3 is 14.6 Å². The summed E-state index contributed by atoms with van der Waals surface area (Å²) >= 11 is 0. The number of aromatic nitrogens is 2. The molecule has 1 aliphatic carbocycles. The normalized spacial score (nSPS) is 19.8. The molecule has 2 fully saturated rings. The lowest BCUT2D eigenvalue weighted by Gasteiger charge is -2.32. The van der Waals surface area contributed by atoms with Gasteiger partial charge in [-0.15, -0.1) is 0 Å². The molecule has 13 heteroatoms. The van der Waals surface area contributed by atoms with Crippen LogP contribution < -0.4 is 15.6 Å². The van der Waals surface area contributed by atoms with Crippen LogP contribution in [0.1, 0.15) is 73.6 Å². The molecule has 1 atom stereocenters. The number of hydrogen-bond donors (Lipinski definition) is 2. The third-order valence-corrected chi connectivity index (χ3v) is 10.2. The molecule has 1 amide bonds. The molecule has 1 aliphatic heterocycles. The number of amides is 1. The second-order valence-electron chi connectivity index (χ2n) is 12.3. The zero-order valence-corrected chi connectivity index (χ0v) is 25.4. The zero-order valence-electron chi connectivity index (χ0n) is 24.6. The van der Waals surface area contributed by atoms with E-state index in [9.17, 15) is 22.4 Å². The maximum atomic E-state index is 13.7. The fourth-order valence-corrected chi connectivity index (χ4v) is 6.68. The molecule has 0 spiro atoms. The lowest BCUT2D eigenvalue weighted by Crippen LogP contribution is -2.52. The summed E-state index contributed by atoms with van der Waals surface area (Å²) in [6.07, 6.45) is 4.77. The second kappa shape index (κ2) is 11.8. The van der Waals surface area contributed by atoms with Crippen LogP contribution in [-0.4, -0.2) is 53.4 Å². The molecule has 1 saturated carbocycles. The van der Waals surface area contributed by atoms with Gasteiger partial charge in [-0.05, 0) is 70.7 Å². The van der Waals surface area contributed by atoms with E-state index in [0.29, 0.717) is 18.4 Å². The highest BCUT2D eigenvalue weighted by Crippen LogP contribution is 2.38. The number of halogens is 1. The molecule has 10 nitrogen and oxygen atoms in total. The number of rotatable bonds is 9. The maximum Gasteiger partial charge on any atom is 0.482 e. The number of hydrogen-bond acceptors (Lipinski definition) is 7. The highest BCUT2D eigenvalue weighted by atomic mass is 32.2. The van der Waals surface area contributed by atoms with Crippen molar-refractivity contribution in [3.05, 3.63) is 46.6 Å². The van der Waals surface area contributed by atoms with Crippen molar-refractivity contribution in [2.45, 2.75) is 103 Å². The Morgan fingerprint density at radius 1 is 1.10 bits per heavy atom. The van der Waals surface area contributed by atoms with Crippen LogP contribution in [-0.2, 0) is 30.7 Å². The number of benzene rings is 1. The summed E-state index contributed by atoms with van der Waals surface area (Å²) in [4.78, 5) is 31.4. The fourth-order valence-electron chi connectivity index (χ4n) is 5.11. The molecule has 2 N–H and O–H groups in total. The van der Waals surface area contributed by atoms with Crippen molar-refractivity contribution in [2.75, 3.05) is 4.72 Å². The SMILES string of the molecule is CC(C)C(NC(=O)Cn1c(-c2ccc(F)cc2)ncc(NS(=O)(=O)C2CCCCC2)c1=O)B1OC(C)(C)C(C)(C)O1. The van der Waals surface area contributed by atoms with E-state index in [1.54, 1.807) is 0 Å². The Kier molecular flexibility index (Phi) is 9.01. The lowest BCUT2D eigenvalue weighted by molar-refractivity contribution is -0.122. The van der Waals surface area contributed by atoms with Crippen LogP contribution in [0, 0.1) is 11.7 Å². The second-order valence-corrected chi connectivity index (χ2v) is 14.2. The Bertz CT molecular complexity index is 1410. The van der Waals surface area contributed by atoms with Crippen LogP contribution in [0.5, 0.6) is 0 Å². The van der Waals surface area contributed by atoms with Gasteiger partial charge in [0.1, 0.15) is 23.9 Å². The number of anilines is 1. The van der Waals surface area contributed by atoms with Crippen molar-refractivity contribution >= 4 is 28.7 Å². The van der Waals surface area contributed by atoms with Crippen molar-refractivity contribution in [1.29, 1.82) is 0 Å². The monoisotopic (exact) mass is 590 g/mol. The van der Waals surface area contributed by atoms with E-state index in [2.05, 4.69) is 15.0 Å². The average Bonchev–Trinajstić information content (AvgIpc) is 3.12. The molecule has 2 aliphatic rings. The number of nitrogens with zero attached hydrogens (tertiary/aromatic N) is 2. The van der Waals surface area contributed by atoms with E-state index in [4.69, 9.17) is 9.31 Å². The largest absolute Gasteiger partial charge is 0.482 e. The summed E-state index contributed by atoms with van der Waals surface area (Å²) in [5, 5.41) is 2.34. The van der Waals surface area contributed by atoms with Crippen LogP contribution in [0.25, 0.3) is 11.4 Å². The molecule has 0 bridgehead atoms. The maximum absolute atomic E-state index is 13.7. The Labute approximate surface area is 241 Å². The van der Waals surface area contributed by atoms with E-state index in [0.717, 1.165) is 30.0 Å². The van der Waals surface area contributed by atoms with Crippen molar-refractivity contribution in [3.8, 4) is 11.4 Å². The van der Waals surface area contributed by atoms with Crippen LogP contribution >= 0.6 is 0 Å². The van der Waals surface area contributed by atoms with E-state index >= 15 is 0 Å². The number of carbonyl (C=O) groups excluding carboxylic acids is 1. The molecule has 41 heavy (non-hydrogen) atoms. The van der Waals surface area contributed by atoms with Crippen LogP contribution in [0.4, 0.5) is 10.1 Å². The number of carbonyl (C=O) groups is 1. The van der Waals surface area contributed by atoms with E-state index in [-0.39, 0.29) is 17.4 Å². The topological polar surface area (TPSA) is 129 Å². The van der Waals surface area contributed by atoms with Gasteiger partial charge in [0.15, 0.2) is 0 Å². The first kappa shape index (κ1) is 31.2. The Morgan fingerprint density at radius 2 is 1.68 bits per heavy atom. The van der Waals surface area contributed by atoms with Crippen molar-refractivity contribution in [1.82, 2.24) is 14.9 Å². The Hall–Kier alpha value is -2.77. The van der Waals surface area contributed by atoms with Crippen LogP contribution in [0.15, 0.2) is 35.3 Å². The highest BCUT2D eigenvalue weighted by molar-refractivity contribution is 7.93. The van der Waals surface area contributed by atoms with Gasteiger partial charge in [0.05, 0.1) is 28.6 Å². The highest BCUT2D eigenvalue weighted by Gasteiger charge is 2.54. The minimum atomic E-state index is -3.84. The van der Waals surface area contributed by atoms with Crippen molar-refractivity contribution in [3.63, 3.8) is 0 Å². The van der Waals surface area contributed by atoms with Crippen LogP contribution in [0.3, 0.4) is 0 Å². The molecule has 224 valence electrons. The summed E-state index contributed by atoms with van der Waals surface area (Å²) in [6, 6.07) is 5.33. The molecular weight excluding hydrogens is 550 g/mol. The standard InChI is InChI=1S/C28H40BFN4O6S/c1-18(2)24(29-39-27(3,4)28(5,6)40-29)32-23(35)17-34-25(19-12-14-20(30)15-13-19)31-16-22(26(34)36)33-41(37,38)21-10-8-7-9-11-21/h12-16,18,21,24,33H,7-11,17H2,1-6H3,(H,32,35). The molecule has 1 saturated heterocycles. The predicted octanol–water partition coefficient (Wildman–Crippen LogP) is 3.90. The van der Waals surface area contributed by atoms with Crippen molar-refractivity contribution in [2.24, 2.45) is 5.92 Å². The average molecular weight is 591 g/mol. The summed E-state index contributed by atoms with van der Waals surface area (Å²) in [5.74, 6) is -1.50. The van der Waals surface area contributed by atoms with Gasteiger partial charge in [-0.3, -0.25) is 18.9 Å². The molecule has 1 unspecified atom stereocenters. The van der Waals surface area contributed by atoms with Gasteiger partial charge in [-0.25, -0.2) is 17.8 Å². The quantitative estimate of drug-likeness (QED) is 0.424. The Balaban J connectivity index is 1.65. The van der Waals surface area contributed by atoms with Gasteiger partial charge >= 0.3 is 7.12 Å². The molecule has 4 rings (SSSR count). The van der Waals surface area contributed by atoms with Crippen molar-refractivity contribution < 1.29 is 26.9 Å². The van der Waals surface area contributed by atoms with Gasteiger partial charge in [0, 0.05) is 5.56 Å². The molecule has 0 radical (unpaired) electrons. The molecule has 1 aromatic heterocycles. The smallest absolute Gasteiger partial charge is 0.402 e. The fraction of sp³-hybridized carbons (Fsp3) is 0.607. The first-order valence-corrected chi connectivity index (χ1v) is 15.7. The first-order valence-electron chi connectivity index (χ1n) is 14.1. The van der Waals surface area contributed by atoms with Crippen LogP contribution in [0.2, 0.25) is 0 Å². The molecule has 2 aromatic rings. The minimum Gasteiger partial charge on any atom is -0.402 e. The minimum absolute atomic E-state index is 0.0753. The zero-order chi connectivity index (χ0) is 30.2. The van der Waals surface area contributed by atoms with Gasteiger partial charge in [-0.1, -0.05) is 33.1 Å². The van der Waals surface area contributed by atoms with Gasteiger partial charge in [0.2, 0.25) is 15.9 Å². The molecular formula is C28H40BFN4O6S. The Morgan fingerprint density at radius 3 is 2.24 bits per heavy atom. The summed E-state index contributed by atoms with van der Waals surface area (Å²) in [7, 11) is -4.56.